The lowest BCUT2D eigenvalue weighted by Crippen LogP contribution is -2.13. The Morgan fingerprint density at radius 3 is 2.50 bits per heavy atom. The molecule has 18 heavy (non-hydrogen) atoms. The van der Waals surface area contributed by atoms with Crippen LogP contribution in [-0.2, 0) is 19.0 Å². The third-order valence-electron chi connectivity index (χ3n) is 2.75. The van der Waals surface area contributed by atoms with Gasteiger partial charge >= 0.3 is 0 Å². The Balaban J connectivity index is 1.90. The SMILES string of the molecule is ClCc1cccc(CNCc2ccccc2Br)c1. The Kier molecular flexibility index (Phi) is 5.24. The summed E-state index contributed by atoms with van der Waals surface area (Å²) in [7, 11) is 0. The molecule has 0 fully saturated rings. The van der Waals surface area contributed by atoms with Crippen molar-refractivity contribution in [1.82, 2.24) is 5.32 Å². The summed E-state index contributed by atoms with van der Waals surface area (Å²) >= 11 is 9.37. The molecule has 1 nitrogen and oxygen atoms in total. The van der Waals surface area contributed by atoms with E-state index in [0.29, 0.717) is 5.88 Å². The quantitative estimate of drug-likeness (QED) is 0.800. The molecular weight excluding hydrogens is 310 g/mol. The van der Waals surface area contributed by atoms with E-state index in [2.05, 4.69) is 51.6 Å². The van der Waals surface area contributed by atoms with Crippen LogP contribution in [0.2, 0.25) is 0 Å². The number of alkyl halides is 1. The van der Waals surface area contributed by atoms with E-state index < -0.39 is 0 Å². The maximum Gasteiger partial charge on any atom is 0.0474 e. The fourth-order valence-corrected chi connectivity index (χ4v) is 2.40. The van der Waals surface area contributed by atoms with Crippen LogP contribution in [-0.4, -0.2) is 0 Å². The first-order valence-corrected chi connectivity index (χ1v) is 7.20. The molecule has 0 aliphatic heterocycles. The Morgan fingerprint density at radius 2 is 1.72 bits per heavy atom. The van der Waals surface area contributed by atoms with Crippen LogP contribution in [0.4, 0.5) is 0 Å². The first kappa shape index (κ1) is 13.6. The second kappa shape index (κ2) is 6.93. The summed E-state index contributed by atoms with van der Waals surface area (Å²) in [5.41, 5.74) is 3.70. The highest BCUT2D eigenvalue weighted by Gasteiger charge is 1.99. The lowest BCUT2D eigenvalue weighted by molar-refractivity contribution is 0.691. The van der Waals surface area contributed by atoms with Crippen molar-refractivity contribution in [2.75, 3.05) is 0 Å². The molecule has 0 atom stereocenters. The summed E-state index contributed by atoms with van der Waals surface area (Å²) in [5.74, 6) is 0.568. The van der Waals surface area contributed by atoms with Crippen LogP contribution in [0, 0.1) is 0 Å². The van der Waals surface area contributed by atoms with Gasteiger partial charge in [0.15, 0.2) is 0 Å². The molecule has 2 aromatic rings. The van der Waals surface area contributed by atoms with Gasteiger partial charge in [0.1, 0.15) is 0 Å². The van der Waals surface area contributed by atoms with Crippen LogP contribution < -0.4 is 5.32 Å². The normalized spacial score (nSPS) is 10.6. The number of halogens is 2. The molecule has 94 valence electrons. The minimum absolute atomic E-state index is 0.568. The fourth-order valence-electron chi connectivity index (χ4n) is 1.81. The van der Waals surface area contributed by atoms with Crippen molar-refractivity contribution >= 4 is 27.5 Å². The molecule has 0 bridgehead atoms. The number of benzene rings is 2. The van der Waals surface area contributed by atoms with Crippen molar-refractivity contribution in [3.63, 3.8) is 0 Å². The van der Waals surface area contributed by atoms with E-state index >= 15 is 0 Å². The van der Waals surface area contributed by atoms with Crippen LogP contribution in [0.15, 0.2) is 53.0 Å². The average Bonchev–Trinajstić information content (AvgIpc) is 2.41. The highest BCUT2D eigenvalue weighted by atomic mass is 79.9. The molecule has 3 heteroatoms. The molecule has 2 rings (SSSR count). The summed E-state index contributed by atoms with van der Waals surface area (Å²) in [6.07, 6.45) is 0. The van der Waals surface area contributed by atoms with E-state index in [9.17, 15) is 0 Å². The zero-order valence-corrected chi connectivity index (χ0v) is 12.3. The van der Waals surface area contributed by atoms with E-state index in [-0.39, 0.29) is 0 Å². The largest absolute Gasteiger partial charge is 0.309 e. The molecule has 0 aliphatic carbocycles. The lowest BCUT2D eigenvalue weighted by Gasteiger charge is -2.07. The molecule has 0 unspecified atom stereocenters. The van der Waals surface area contributed by atoms with Crippen molar-refractivity contribution in [2.24, 2.45) is 0 Å². The second-order valence-corrected chi connectivity index (χ2v) is 5.27. The molecule has 2 aromatic carbocycles. The van der Waals surface area contributed by atoms with Crippen LogP contribution in [0.25, 0.3) is 0 Å². The van der Waals surface area contributed by atoms with E-state index in [1.54, 1.807) is 0 Å². The first-order valence-electron chi connectivity index (χ1n) is 5.87. The predicted octanol–water partition coefficient (Wildman–Crippen LogP) is 4.48. The Morgan fingerprint density at radius 1 is 0.944 bits per heavy atom. The van der Waals surface area contributed by atoms with Gasteiger partial charge in [0.2, 0.25) is 0 Å². The average molecular weight is 325 g/mol. The summed E-state index contributed by atoms with van der Waals surface area (Å²) < 4.78 is 1.15. The molecule has 0 amide bonds. The van der Waals surface area contributed by atoms with E-state index in [4.69, 9.17) is 11.6 Å². The number of hydrogen-bond acceptors (Lipinski definition) is 1. The van der Waals surface area contributed by atoms with E-state index in [0.717, 1.165) is 23.1 Å². The smallest absolute Gasteiger partial charge is 0.0474 e. The van der Waals surface area contributed by atoms with Crippen LogP contribution in [0.1, 0.15) is 16.7 Å². The van der Waals surface area contributed by atoms with Gasteiger partial charge in [0.05, 0.1) is 0 Å². The molecule has 0 saturated heterocycles. The van der Waals surface area contributed by atoms with Gasteiger partial charge in [-0.2, -0.15) is 0 Å². The molecule has 0 saturated carbocycles. The second-order valence-electron chi connectivity index (χ2n) is 4.15. The summed E-state index contributed by atoms with van der Waals surface area (Å²) in [6, 6.07) is 16.6. The maximum atomic E-state index is 5.82. The molecule has 0 radical (unpaired) electrons. The van der Waals surface area contributed by atoms with Crippen molar-refractivity contribution in [3.05, 3.63) is 69.7 Å². The third kappa shape index (κ3) is 3.84. The fraction of sp³-hybridized carbons (Fsp3) is 0.200. The molecule has 0 aliphatic rings. The van der Waals surface area contributed by atoms with Crippen molar-refractivity contribution in [2.45, 2.75) is 19.0 Å². The Hall–Kier alpha value is -0.830. The van der Waals surface area contributed by atoms with Crippen molar-refractivity contribution in [1.29, 1.82) is 0 Å². The summed E-state index contributed by atoms with van der Waals surface area (Å²) in [5, 5.41) is 3.44. The lowest BCUT2D eigenvalue weighted by atomic mass is 10.1. The minimum atomic E-state index is 0.568. The van der Waals surface area contributed by atoms with Crippen LogP contribution in [0.3, 0.4) is 0 Å². The van der Waals surface area contributed by atoms with Gasteiger partial charge in [-0.15, -0.1) is 11.6 Å². The van der Waals surface area contributed by atoms with E-state index in [1.165, 1.54) is 11.1 Å². The van der Waals surface area contributed by atoms with Gasteiger partial charge in [-0.1, -0.05) is 58.4 Å². The topological polar surface area (TPSA) is 12.0 Å². The maximum absolute atomic E-state index is 5.82. The summed E-state index contributed by atoms with van der Waals surface area (Å²) in [6.45, 7) is 1.71. The zero-order chi connectivity index (χ0) is 12.8. The predicted molar refractivity (Wildman–Crippen MR) is 80.7 cm³/mol. The Bertz CT molecular complexity index is 513. The van der Waals surface area contributed by atoms with Crippen molar-refractivity contribution in [3.8, 4) is 0 Å². The van der Waals surface area contributed by atoms with E-state index in [1.807, 2.05) is 18.2 Å². The molecule has 1 N–H and O–H groups in total. The van der Waals surface area contributed by atoms with Gasteiger partial charge in [-0.05, 0) is 22.8 Å². The molecule has 0 spiro atoms. The number of rotatable bonds is 5. The first-order chi connectivity index (χ1) is 8.79. The number of nitrogens with one attached hydrogen (secondary N) is 1. The van der Waals surface area contributed by atoms with Crippen molar-refractivity contribution < 1.29 is 0 Å². The van der Waals surface area contributed by atoms with Gasteiger partial charge in [0, 0.05) is 23.4 Å². The Labute approximate surface area is 121 Å². The van der Waals surface area contributed by atoms with Gasteiger partial charge < -0.3 is 5.32 Å². The third-order valence-corrected chi connectivity index (χ3v) is 3.83. The van der Waals surface area contributed by atoms with Crippen LogP contribution in [0.5, 0.6) is 0 Å². The highest BCUT2D eigenvalue weighted by molar-refractivity contribution is 9.10. The standard InChI is InChI=1S/C15H15BrClN/c16-15-7-2-1-6-14(15)11-18-10-13-5-3-4-12(8-13)9-17/h1-8,18H,9-11H2. The van der Waals surface area contributed by atoms with Crippen LogP contribution >= 0.6 is 27.5 Å². The summed E-state index contributed by atoms with van der Waals surface area (Å²) in [4.78, 5) is 0. The molecular formula is C15H15BrClN. The monoisotopic (exact) mass is 323 g/mol. The molecule has 0 aromatic heterocycles. The molecule has 0 heterocycles. The van der Waals surface area contributed by atoms with Gasteiger partial charge in [-0.25, -0.2) is 0 Å². The zero-order valence-electron chi connectivity index (χ0n) is 10.00. The van der Waals surface area contributed by atoms with Gasteiger partial charge in [0.25, 0.3) is 0 Å². The minimum Gasteiger partial charge on any atom is -0.309 e. The van der Waals surface area contributed by atoms with Gasteiger partial charge in [-0.3, -0.25) is 0 Å². The highest BCUT2D eigenvalue weighted by Crippen LogP contribution is 2.15. The number of hydrogen-bond donors (Lipinski definition) is 1.